The fourth-order valence-electron chi connectivity index (χ4n) is 1.33. The Hall–Kier alpha value is -2.30. The highest BCUT2D eigenvalue weighted by Crippen LogP contribution is 2.19. The summed E-state index contributed by atoms with van der Waals surface area (Å²) in [5, 5.41) is 3.05. The molecular formula is C12H14N4O. The van der Waals surface area contributed by atoms with E-state index < -0.39 is 0 Å². The van der Waals surface area contributed by atoms with Crippen molar-refractivity contribution < 1.29 is 4.74 Å². The molecule has 2 aromatic rings. The number of hydrogen-bond donors (Lipinski definition) is 2. The summed E-state index contributed by atoms with van der Waals surface area (Å²) in [7, 11) is 0. The Bertz CT molecular complexity index is 461. The molecule has 17 heavy (non-hydrogen) atoms. The van der Waals surface area contributed by atoms with Gasteiger partial charge in [-0.1, -0.05) is 12.1 Å². The van der Waals surface area contributed by atoms with Gasteiger partial charge in [0, 0.05) is 12.4 Å². The van der Waals surface area contributed by atoms with Gasteiger partial charge < -0.3 is 15.8 Å². The second kappa shape index (κ2) is 5.69. The first-order valence-corrected chi connectivity index (χ1v) is 5.34. The molecule has 5 heteroatoms. The molecular weight excluding hydrogens is 216 g/mol. The molecule has 0 saturated heterocycles. The number of hydrogen-bond acceptors (Lipinski definition) is 5. The fourth-order valence-corrected chi connectivity index (χ4v) is 1.33. The molecule has 0 aliphatic carbocycles. The van der Waals surface area contributed by atoms with Crippen LogP contribution in [0, 0.1) is 0 Å². The maximum Gasteiger partial charge on any atom is 0.222 e. The van der Waals surface area contributed by atoms with Crippen LogP contribution in [0.3, 0.4) is 0 Å². The number of nitrogens with zero attached hydrogens (tertiary/aromatic N) is 2. The van der Waals surface area contributed by atoms with E-state index in [0.717, 1.165) is 0 Å². The fraction of sp³-hybridized carbons (Fsp3) is 0.167. The summed E-state index contributed by atoms with van der Waals surface area (Å²) < 4.78 is 5.52. The smallest absolute Gasteiger partial charge is 0.222 e. The van der Waals surface area contributed by atoms with Crippen molar-refractivity contribution in [1.82, 2.24) is 9.97 Å². The van der Waals surface area contributed by atoms with Gasteiger partial charge in [0.05, 0.1) is 12.2 Å². The van der Waals surface area contributed by atoms with E-state index in [1.165, 1.54) is 0 Å². The molecule has 5 nitrogen and oxygen atoms in total. The van der Waals surface area contributed by atoms with Crippen LogP contribution in [0.25, 0.3) is 0 Å². The van der Waals surface area contributed by atoms with Crippen LogP contribution in [0.2, 0.25) is 0 Å². The lowest BCUT2D eigenvalue weighted by Crippen LogP contribution is -2.13. The van der Waals surface area contributed by atoms with Gasteiger partial charge in [-0.2, -0.15) is 0 Å². The number of ether oxygens (including phenoxy) is 1. The molecule has 0 radical (unpaired) electrons. The van der Waals surface area contributed by atoms with E-state index in [1.54, 1.807) is 18.5 Å². The molecule has 3 N–H and O–H groups in total. The molecule has 0 saturated carbocycles. The summed E-state index contributed by atoms with van der Waals surface area (Å²) in [6, 6.07) is 9.18. The second-order valence-corrected chi connectivity index (χ2v) is 3.39. The minimum atomic E-state index is 0.506. The number of para-hydroxylation sites is 2. The van der Waals surface area contributed by atoms with Crippen LogP contribution >= 0.6 is 0 Å². The Kier molecular flexibility index (Phi) is 3.75. The molecule has 1 aromatic heterocycles. The molecule has 0 spiro atoms. The van der Waals surface area contributed by atoms with Gasteiger partial charge in [0.25, 0.3) is 0 Å². The topological polar surface area (TPSA) is 73.1 Å². The van der Waals surface area contributed by atoms with Gasteiger partial charge in [0.1, 0.15) is 12.4 Å². The standard InChI is InChI=1S/C12H14N4O/c13-10-4-1-2-5-11(10)17-9-8-16-12-14-6-3-7-15-12/h1-7H,8-9,13H2,(H,14,15,16). The molecule has 0 aliphatic rings. The zero-order chi connectivity index (χ0) is 11.9. The highest BCUT2D eigenvalue weighted by Gasteiger charge is 1.98. The van der Waals surface area contributed by atoms with Crippen molar-refractivity contribution in [3.63, 3.8) is 0 Å². The van der Waals surface area contributed by atoms with Crippen LogP contribution < -0.4 is 15.8 Å². The average Bonchev–Trinajstić information content (AvgIpc) is 2.38. The predicted molar refractivity (Wildman–Crippen MR) is 66.9 cm³/mol. The third kappa shape index (κ3) is 3.34. The Morgan fingerprint density at radius 2 is 1.88 bits per heavy atom. The normalized spacial score (nSPS) is 9.88. The van der Waals surface area contributed by atoms with E-state index in [2.05, 4.69) is 15.3 Å². The molecule has 1 aromatic carbocycles. The monoisotopic (exact) mass is 230 g/mol. The largest absolute Gasteiger partial charge is 0.490 e. The molecule has 2 rings (SSSR count). The van der Waals surface area contributed by atoms with Crippen molar-refractivity contribution in [2.75, 3.05) is 24.2 Å². The maximum absolute atomic E-state index is 5.74. The number of benzene rings is 1. The van der Waals surface area contributed by atoms with Crippen molar-refractivity contribution in [1.29, 1.82) is 0 Å². The quantitative estimate of drug-likeness (QED) is 0.602. The number of anilines is 2. The number of nitrogens with two attached hydrogens (primary N) is 1. The summed E-state index contributed by atoms with van der Waals surface area (Å²) >= 11 is 0. The lowest BCUT2D eigenvalue weighted by Gasteiger charge is -2.08. The Morgan fingerprint density at radius 1 is 1.12 bits per heavy atom. The zero-order valence-electron chi connectivity index (χ0n) is 9.34. The molecule has 0 aliphatic heterocycles. The van der Waals surface area contributed by atoms with Gasteiger partial charge in [-0.15, -0.1) is 0 Å². The number of nitrogens with one attached hydrogen (secondary N) is 1. The molecule has 0 atom stereocenters. The van der Waals surface area contributed by atoms with Gasteiger partial charge in [-0.25, -0.2) is 9.97 Å². The third-order valence-corrected chi connectivity index (χ3v) is 2.13. The van der Waals surface area contributed by atoms with Crippen molar-refractivity contribution >= 4 is 11.6 Å². The summed E-state index contributed by atoms with van der Waals surface area (Å²) in [4.78, 5) is 8.08. The van der Waals surface area contributed by atoms with Gasteiger partial charge in [-0.3, -0.25) is 0 Å². The van der Waals surface area contributed by atoms with Crippen LogP contribution in [0.5, 0.6) is 5.75 Å². The minimum absolute atomic E-state index is 0.506. The van der Waals surface area contributed by atoms with Crippen molar-refractivity contribution in [2.24, 2.45) is 0 Å². The molecule has 0 bridgehead atoms. The predicted octanol–water partition coefficient (Wildman–Crippen LogP) is 1.55. The van der Waals surface area contributed by atoms with E-state index in [9.17, 15) is 0 Å². The summed E-state index contributed by atoms with van der Waals surface area (Å²) in [5.41, 5.74) is 6.39. The van der Waals surface area contributed by atoms with E-state index in [0.29, 0.717) is 30.5 Å². The van der Waals surface area contributed by atoms with Crippen LogP contribution in [0.1, 0.15) is 0 Å². The maximum atomic E-state index is 5.74. The van der Waals surface area contributed by atoms with Crippen LogP contribution in [-0.4, -0.2) is 23.1 Å². The lowest BCUT2D eigenvalue weighted by atomic mass is 10.3. The first-order valence-electron chi connectivity index (χ1n) is 5.34. The average molecular weight is 230 g/mol. The first-order chi connectivity index (χ1) is 8.36. The Morgan fingerprint density at radius 3 is 2.65 bits per heavy atom. The highest BCUT2D eigenvalue weighted by molar-refractivity contribution is 5.51. The van der Waals surface area contributed by atoms with E-state index in [4.69, 9.17) is 10.5 Å². The van der Waals surface area contributed by atoms with Gasteiger partial charge in [0.15, 0.2) is 0 Å². The molecule has 0 fully saturated rings. The summed E-state index contributed by atoms with van der Waals surface area (Å²) in [6.07, 6.45) is 3.37. The second-order valence-electron chi connectivity index (χ2n) is 3.39. The van der Waals surface area contributed by atoms with Gasteiger partial charge in [-0.05, 0) is 18.2 Å². The van der Waals surface area contributed by atoms with E-state index >= 15 is 0 Å². The Balaban J connectivity index is 1.76. The molecule has 1 heterocycles. The van der Waals surface area contributed by atoms with E-state index in [1.807, 2.05) is 24.3 Å². The number of nitrogen functional groups attached to an aromatic ring is 1. The first kappa shape index (κ1) is 11.2. The summed E-state index contributed by atoms with van der Waals surface area (Å²) in [6.45, 7) is 1.13. The molecule has 0 unspecified atom stereocenters. The number of rotatable bonds is 5. The van der Waals surface area contributed by atoms with Crippen LogP contribution in [0.4, 0.5) is 11.6 Å². The van der Waals surface area contributed by atoms with Gasteiger partial charge >= 0.3 is 0 Å². The molecule has 0 amide bonds. The van der Waals surface area contributed by atoms with Crippen molar-refractivity contribution in [3.8, 4) is 5.75 Å². The lowest BCUT2D eigenvalue weighted by molar-refractivity contribution is 0.334. The Labute approximate surface area is 99.7 Å². The van der Waals surface area contributed by atoms with Crippen molar-refractivity contribution in [3.05, 3.63) is 42.7 Å². The SMILES string of the molecule is Nc1ccccc1OCCNc1ncccn1. The van der Waals surface area contributed by atoms with Crippen LogP contribution in [0.15, 0.2) is 42.7 Å². The zero-order valence-corrected chi connectivity index (χ0v) is 9.34. The third-order valence-electron chi connectivity index (χ3n) is 2.13. The van der Waals surface area contributed by atoms with Gasteiger partial charge in [0.2, 0.25) is 5.95 Å². The van der Waals surface area contributed by atoms with Crippen molar-refractivity contribution in [2.45, 2.75) is 0 Å². The number of aromatic nitrogens is 2. The molecule has 88 valence electrons. The van der Waals surface area contributed by atoms with Crippen LogP contribution in [-0.2, 0) is 0 Å². The minimum Gasteiger partial charge on any atom is -0.490 e. The van der Waals surface area contributed by atoms with E-state index in [-0.39, 0.29) is 0 Å². The highest BCUT2D eigenvalue weighted by atomic mass is 16.5. The summed E-state index contributed by atoms with van der Waals surface area (Å²) in [5.74, 6) is 1.29.